The molecule has 0 unspecified atom stereocenters. The maximum Gasteiger partial charge on any atom is 0.344 e. The number of rotatable bonds is 6. The zero-order valence-corrected chi connectivity index (χ0v) is 11.4. The van der Waals surface area contributed by atoms with Crippen molar-refractivity contribution in [3.8, 4) is 5.75 Å². The first kappa shape index (κ1) is 14.6. The molecule has 0 radical (unpaired) electrons. The highest BCUT2D eigenvalue weighted by atomic mass is 16.6. The normalized spacial score (nSPS) is 10.1. The van der Waals surface area contributed by atoms with Crippen LogP contribution in [0.3, 0.4) is 0 Å². The van der Waals surface area contributed by atoms with Gasteiger partial charge < -0.3 is 19.8 Å². The van der Waals surface area contributed by atoms with Gasteiger partial charge in [0.15, 0.2) is 6.61 Å². The number of nitrogens with zero attached hydrogens (tertiary/aromatic N) is 1. The molecule has 0 aliphatic heterocycles. The fourth-order valence-corrected chi connectivity index (χ4v) is 1.69. The van der Waals surface area contributed by atoms with Crippen LogP contribution in [0.15, 0.2) is 53.5 Å². The fraction of sp³-hybridized carbons (Fsp3) is 0.200. The summed E-state index contributed by atoms with van der Waals surface area (Å²) >= 11 is 0. The van der Waals surface area contributed by atoms with Gasteiger partial charge in [0.05, 0.1) is 6.54 Å². The lowest BCUT2D eigenvalue weighted by Crippen LogP contribution is -2.23. The number of esters is 1. The Bertz CT molecular complexity index is 666. The summed E-state index contributed by atoms with van der Waals surface area (Å²) in [6.45, 7) is 0.222. The van der Waals surface area contributed by atoms with Gasteiger partial charge >= 0.3 is 5.97 Å². The molecule has 6 nitrogen and oxygen atoms in total. The summed E-state index contributed by atoms with van der Waals surface area (Å²) in [7, 11) is 0. The minimum atomic E-state index is -0.499. The lowest BCUT2D eigenvalue weighted by molar-refractivity contribution is -0.146. The van der Waals surface area contributed by atoms with Crippen molar-refractivity contribution in [1.29, 1.82) is 0 Å². The van der Waals surface area contributed by atoms with Crippen LogP contribution in [0.5, 0.6) is 5.75 Å². The van der Waals surface area contributed by atoms with Crippen molar-refractivity contribution in [1.82, 2.24) is 4.57 Å². The zero-order chi connectivity index (χ0) is 15.1. The van der Waals surface area contributed by atoms with E-state index in [1.165, 1.54) is 10.6 Å². The number of ether oxygens (including phenoxy) is 2. The van der Waals surface area contributed by atoms with Crippen LogP contribution in [0.1, 0.15) is 0 Å². The first-order chi connectivity index (χ1) is 10.1. The van der Waals surface area contributed by atoms with Gasteiger partial charge in [-0.05, 0) is 18.2 Å². The molecule has 0 saturated heterocycles. The van der Waals surface area contributed by atoms with Crippen LogP contribution in [0.25, 0.3) is 0 Å². The molecule has 0 saturated carbocycles. The molecular formula is C15H16N2O4. The van der Waals surface area contributed by atoms with Gasteiger partial charge in [-0.25, -0.2) is 4.79 Å². The predicted octanol–water partition coefficient (Wildman–Crippen LogP) is 1.05. The van der Waals surface area contributed by atoms with E-state index >= 15 is 0 Å². The summed E-state index contributed by atoms with van der Waals surface area (Å²) < 4.78 is 11.7. The van der Waals surface area contributed by atoms with Crippen LogP contribution >= 0.6 is 0 Å². The number of hydrogen-bond acceptors (Lipinski definition) is 5. The van der Waals surface area contributed by atoms with Crippen molar-refractivity contribution in [3.05, 3.63) is 59.0 Å². The molecule has 0 bridgehead atoms. The van der Waals surface area contributed by atoms with Gasteiger partial charge in [-0.2, -0.15) is 0 Å². The van der Waals surface area contributed by atoms with E-state index in [1.54, 1.807) is 42.6 Å². The Hall–Kier alpha value is -2.76. The number of carbonyl (C=O) groups is 1. The monoisotopic (exact) mass is 288 g/mol. The molecule has 1 heterocycles. The molecule has 0 amide bonds. The van der Waals surface area contributed by atoms with Gasteiger partial charge in [-0.1, -0.05) is 12.1 Å². The Balaban J connectivity index is 1.73. The molecule has 2 rings (SSSR count). The van der Waals surface area contributed by atoms with Crippen molar-refractivity contribution >= 4 is 11.7 Å². The third-order valence-electron chi connectivity index (χ3n) is 2.71. The molecule has 2 N–H and O–H groups in total. The van der Waals surface area contributed by atoms with Gasteiger partial charge in [0.25, 0.3) is 5.56 Å². The van der Waals surface area contributed by atoms with Gasteiger partial charge in [-0.3, -0.25) is 4.79 Å². The quantitative estimate of drug-likeness (QED) is 0.634. The van der Waals surface area contributed by atoms with E-state index in [2.05, 4.69) is 0 Å². The largest absolute Gasteiger partial charge is 0.482 e. The Kier molecular flexibility index (Phi) is 4.98. The second kappa shape index (κ2) is 7.14. The number of pyridine rings is 1. The van der Waals surface area contributed by atoms with E-state index in [1.807, 2.05) is 0 Å². The summed E-state index contributed by atoms with van der Waals surface area (Å²) in [5.74, 6) is 0.00707. The van der Waals surface area contributed by atoms with E-state index in [-0.39, 0.29) is 18.8 Å². The lowest BCUT2D eigenvalue weighted by Gasteiger charge is -2.08. The molecular weight excluding hydrogens is 272 g/mol. The molecule has 6 heteroatoms. The van der Waals surface area contributed by atoms with Crippen molar-refractivity contribution in [3.63, 3.8) is 0 Å². The highest BCUT2D eigenvalue weighted by Crippen LogP contribution is 2.14. The number of hydrogen-bond donors (Lipinski definition) is 1. The van der Waals surface area contributed by atoms with Crippen molar-refractivity contribution < 1.29 is 14.3 Å². The van der Waals surface area contributed by atoms with Crippen molar-refractivity contribution in [2.45, 2.75) is 6.54 Å². The van der Waals surface area contributed by atoms with Crippen molar-refractivity contribution in [2.75, 3.05) is 18.9 Å². The van der Waals surface area contributed by atoms with Crippen LogP contribution < -0.4 is 16.0 Å². The van der Waals surface area contributed by atoms with E-state index in [9.17, 15) is 9.59 Å². The van der Waals surface area contributed by atoms with Crippen LogP contribution in [0.2, 0.25) is 0 Å². The minimum Gasteiger partial charge on any atom is -0.482 e. The Labute approximate surface area is 121 Å². The molecule has 0 aliphatic rings. The van der Waals surface area contributed by atoms with E-state index in [4.69, 9.17) is 15.2 Å². The lowest BCUT2D eigenvalue weighted by atomic mass is 10.3. The zero-order valence-electron chi connectivity index (χ0n) is 11.4. The Morgan fingerprint density at radius 2 is 2.05 bits per heavy atom. The van der Waals surface area contributed by atoms with E-state index < -0.39 is 5.97 Å². The molecule has 110 valence electrons. The van der Waals surface area contributed by atoms with Gasteiger partial charge in [-0.15, -0.1) is 0 Å². The molecule has 0 fully saturated rings. The predicted molar refractivity (Wildman–Crippen MR) is 78.0 cm³/mol. The minimum absolute atomic E-state index is 0.114. The van der Waals surface area contributed by atoms with Gasteiger partial charge in [0.1, 0.15) is 12.4 Å². The molecule has 0 spiro atoms. The first-order valence-electron chi connectivity index (χ1n) is 6.44. The number of nitrogens with two attached hydrogens (primary N) is 1. The molecule has 21 heavy (non-hydrogen) atoms. The van der Waals surface area contributed by atoms with Crippen LogP contribution in [0, 0.1) is 0 Å². The van der Waals surface area contributed by atoms with E-state index in [0.29, 0.717) is 18.0 Å². The SMILES string of the molecule is Nc1cccc(OCC(=O)OCCn2ccccc2=O)c1. The molecule has 0 atom stereocenters. The third kappa shape index (κ3) is 4.68. The summed E-state index contributed by atoms with van der Waals surface area (Å²) in [5, 5.41) is 0. The maximum absolute atomic E-state index is 11.5. The van der Waals surface area contributed by atoms with E-state index in [0.717, 1.165) is 0 Å². The Morgan fingerprint density at radius 3 is 2.81 bits per heavy atom. The van der Waals surface area contributed by atoms with Crippen LogP contribution in [-0.4, -0.2) is 23.8 Å². The second-order valence-electron chi connectivity index (χ2n) is 4.31. The van der Waals surface area contributed by atoms with Crippen LogP contribution in [0.4, 0.5) is 5.69 Å². The topological polar surface area (TPSA) is 83.5 Å². The highest BCUT2D eigenvalue weighted by molar-refractivity contribution is 5.71. The fourth-order valence-electron chi connectivity index (χ4n) is 1.69. The first-order valence-corrected chi connectivity index (χ1v) is 6.44. The van der Waals surface area contributed by atoms with Crippen LogP contribution in [-0.2, 0) is 16.1 Å². The molecule has 1 aromatic heterocycles. The Morgan fingerprint density at radius 1 is 1.19 bits per heavy atom. The number of anilines is 1. The number of benzene rings is 1. The number of nitrogen functional groups attached to an aromatic ring is 1. The standard InChI is InChI=1S/C15H16N2O4/c16-12-4-3-5-13(10-12)21-11-15(19)20-9-8-17-7-2-1-6-14(17)18/h1-7,10H,8-9,11,16H2. The summed E-state index contributed by atoms with van der Waals surface area (Å²) in [6.07, 6.45) is 1.64. The summed E-state index contributed by atoms with van der Waals surface area (Å²) in [4.78, 5) is 22.9. The average molecular weight is 288 g/mol. The number of carbonyl (C=O) groups excluding carboxylic acids is 1. The smallest absolute Gasteiger partial charge is 0.344 e. The highest BCUT2D eigenvalue weighted by Gasteiger charge is 2.05. The summed E-state index contributed by atoms with van der Waals surface area (Å²) in [5.41, 5.74) is 6.02. The maximum atomic E-state index is 11.5. The average Bonchev–Trinajstić information content (AvgIpc) is 2.47. The van der Waals surface area contributed by atoms with Gasteiger partial charge in [0.2, 0.25) is 0 Å². The number of aromatic nitrogens is 1. The van der Waals surface area contributed by atoms with Crippen molar-refractivity contribution in [2.24, 2.45) is 0 Å². The second-order valence-corrected chi connectivity index (χ2v) is 4.31. The molecule has 1 aromatic carbocycles. The third-order valence-corrected chi connectivity index (χ3v) is 2.71. The summed E-state index contributed by atoms with van der Waals surface area (Å²) in [6, 6.07) is 11.6. The molecule has 2 aromatic rings. The molecule has 0 aliphatic carbocycles. The van der Waals surface area contributed by atoms with Gasteiger partial charge in [0, 0.05) is 24.0 Å².